The zero-order chi connectivity index (χ0) is 22.6. The molecule has 0 aliphatic carbocycles. The summed E-state index contributed by atoms with van der Waals surface area (Å²) in [6.45, 7) is 5.82. The van der Waals surface area contributed by atoms with E-state index < -0.39 is 17.3 Å². The van der Waals surface area contributed by atoms with Crippen molar-refractivity contribution in [3.05, 3.63) is 76.9 Å². The number of nitrogens with zero attached hydrogens (tertiary/aromatic N) is 1. The standard InChI is InChI=1S/C25H25Cl2NO3/c1-16(2)25(24(29)30-4,17(3)14-21(26)27)23-20-13-9-8-10-18(20)15-22(28-23)31-19-11-6-5-7-12-19/h5-17H,1-4H3. The summed E-state index contributed by atoms with van der Waals surface area (Å²) in [6, 6.07) is 19.0. The highest BCUT2D eigenvalue weighted by molar-refractivity contribution is 6.55. The molecule has 1 aromatic heterocycles. The van der Waals surface area contributed by atoms with E-state index in [-0.39, 0.29) is 10.4 Å². The topological polar surface area (TPSA) is 48.4 Å². The molecule has 0 spiro atoms. The lowest BCUT2D eigenvalue weighted by molar-refractivity contribution is -0.151. The van der Waals surface area contributed by atoms with Gasteiger partial charge in [-0.05, 0) is 35.4 Å². The first-order valence-electron chi connectivity index (χ1n) is 10.0. The van der Waals surface area contributed by atoms with Crippen molar-refractivity contribution < 1.29 is 14.3 Å². The molecule has 0 saturated carbocycles. The van der Waals surface area contributed by atoms with E-state index in [9.17, 15) is 4.79 Å². The molecular formula is C25H25Cl2NO3. The maximum atomic E-state index is 13.4. The van der Waals surface area contributed by atoms with Crippen LogP contribution in [-0.4, -0.2) is 18.1 Å². The van der Waals surface area contributed by atoms with Crippen LogP contribution in [0, 0.1) is 11.8 Å². The smallest absolute Gasteiger partial charge is 0.318 e. The fourth-order valence-electron chi connectivity index (χ4n) is 4.17. The van der Waals surface area contributed by atoms with E-state index in [1.807, 2.05) is 81.4 Å². The molecule has 3 rings (SSSR count). The zero-order valence-electron chi connectivity index (χ0n) is 17.9. The highest BCUT2D eigenvalue weighted by Gasteiger charge is 2.50. The molecule has 4 nitrogen and oxygen atoms in total. The van der Waals surface area contributed by atoms with Crippen molar-refractivity contribution >= 4 is 39.9 Å². The van der Waals surface area contributed by atoms with Gasteiger partial charge in [0.2, 0.25) is 5.88 Å². The summed E-state index contributed by atoms with van der Waals surface area (Å²) in [6.07, 6.45) is 1.65. The molecule has 0 aliphatic heterocycles. The third kappa shape index (κ3) is 4.56. The molecule has 1 heterocycles. The SMILES string of the molecule is COC(=O)C(c1nc(Oc2ccccc2)cc2ccccc12)(C(C)C)C(C)C=C(Cl)Cl. The highest BCUT2D eigenvalue weighted by atomic mass is 35.5. The largest absolute Gasteiger partial charge is 0.468 e. The number of benzene rings is 2. The zero-order valence-corrected chi connectivity index (χ0v) is 19.4. The van der Waals surface area contributed by atoms with Gasteiger partial charge in [0.1, 0.15) is 15.7 Å². The predicted molar refractivity (Wildman–Crippen MR) is 126 cm³/mol. The van der Waals surface area contributed by atoms with Gasteiger partial charge in [0, 0.05) is 11.5 Å². The van der Waals surface area contributed by atoms with E-state index in [1.165, 1.54) is 7.11 Å². The van der Waals surface area contributed by atoms with Crippen molar-refractivity contribution in [2.24, 2.45) is 11.8 Å². The molecule has 162 valence electrons. The van der Waals surface area contributed by atoms with E-state index in [2.05, 4.69) is 0 Å². The number of pyridine rings is 1. The number of para-hydroxylation sites is 1. The number of aromatic nitrogens is 1. The average molecular weight is 458 g/mol. The highest BCUT2D eigenvalue weighted by Crippen LogP contribution is 2.45. The van der Waals surface area contributed by atoms with Crippen LogP contribution in [-0.2, 0) is 14.9 Å². The van der Waals surface area contributed by atoms with Gasteiger partial charge < -0.3 is 9.47 Å². The molecule has 0 radical (unpaired) electrons. The Labute approximate surface area is 192 Å². The van der Waals surface area contributed by atoms with Crippen molar-refractivity contribution in [3.63, 3.8) is 0 Å². The third-order valence-electron chi connectivity index (χ3n) is 5.60. The van der Waals surface area contributed by atoms with Gasteiger partial charge in [0.05, 0.1) is 12.8 Å². The van der Waals surface area contributed by atoms with Crippen LogP contribution in [0.25, 0.3) is 10.8 Å². The van der Waals surface area contributed by atoms with Gasteiger partial charge in [0.25, 0.3) is 0 Å². The van der Waals surface area contributed by atoms with Crippen LogP contribution >= 0.6 is 23.2 Å². The predicted octanol–water partition coefficient (Wildman–Crippen LogP) is 7.05. The summed E-state index contributed by atoms with van der Waals surface area (Å²) in [5.41, 5.74) is -0.573. The Morgan fingerprint density at radius 1 is 1.03 bits per heavy atom. The molecule has 0 saturated heterocycles. The van der Waals surface area contributed by atoms with Crippen LogP contribution in [0.2, 0.25) is 0 Å². The van der Waals surface area contributed by atoms with Crippen LogP contribution < -0.4 is 4.74 Å². The number of esters is 1. The Hall–Kier alpha value is -2.56. The minimum Gasteiger partial charge on any atom is -0.468 e. The summed E-state index contributed by atoms with van der Waals surface area (Å²) in [4.78, 5) is 18.2. The molecule has 31 heavy (non-hydrogen) atoms. The number of halogens is 2. The van der Waals surface area contributed by atoms with E-state index in [0.717, 1.165) is 10.8 Å². The molecule has 0 aliphatic rings. The van der Waals surface area contributed by atoms with Gasteiger partial charge >= 0.3 is 5.97 Å². The van der Waals surface area contributed by atoms with Crippen molar-refractivity contribution in [1.82, 2.24) is 4.98 Å². The molecule has 6 heteroatoms. The second-order valence-electron chi connectivity index (χ2n) is 7.71. The van der Waals surface area contributed by atoms with Crippen molar-refractivity contribution in [1.29, 1.82) is 0 Å². The lowest BCUT2D eigenvalue weighted by Crippen LogP contribution is -2.47. The summed E-state index contributed by atoms with van der Waals surface area (Å²) in [5.74, 6) is 0.0631. The average Bonchev–Trinajstić information content (AvgIpc) is 2.74. The van der Waals surface area contributed by atoms with E-state index in [0.29, 0.717) is 17.3 Å². The second kappa shape index (κ2) is 9.71. The number of rotatable bonds is 7. The fourth-order valence-corrected chi connectivity index (χ4v) is 4.55. The van der Waals surface area contributed by atoms with E-state index in [1.54, 1.807) is 6.08 Å². The number of methoxy groups -OCH3 is 1. The van der Waals surface area contributed by atoms with Gasteiger partial charge in [-0.2, -0.15) is 0 Å². The Morgan fingerprint density at radius 3 is 2.29 bits per heavy atom. The molecule has 0 N–H and O–H groups in total. The minimum absolute atomic E-state index is 0.0856. The Morgan fingerprint density at radius 2 is 1.68 bits per heavy atom. The first kappa shape index (κ1) is 23.1. The number of allylic oxidation sites excluding steroid dienone is 1. The van der Waals surface area contributed by atoms with Crippen LogP contribution in [0.5, 0.6) is 11.6 Å². The Bertz CT molecular complexity index is 1090. The molecular weight excluding hydrogens is 433 g/mol. The lowest BCUT2D eigenvalue weighted by Gasteiger charge is -2.39. The minimum atomic E-state index is -1.14. The van der Waals surface area contributed by atoms with Crippen LogP contribution in [0.3, 0.4) is 0 Å². The number of ether oxygens (including phenoxy) is 2. The maximum absolute atomic E-state index is 13.4. The molecule has 3 aromatic rings. The number of hydrogen-bond donors (Lipinski definition) is 0. The molecule has 0 fully saturated rings. The number of hydrogen-bond acceptors (Lipinski definition) is 4. The Balaban J connectivity index is 2.33. The summed E-state index contributed by atoms with van der Waals surface area (Å²) in [5, 5.41) is 1.74. The molecule has 0 amide bonds. The second-order valence-corrected chi connectivity index (χ2v) is 8.71. The molecule has 2 aromatic carbocycles. The van der Waals surface area contributed by atoms with Gasteiger partial charge in [-0.15, -0.1) is 0 Å². The number of carbonyl (C=O) groups excluding carboxylic acids is 1. The van der Waals surface area contributed by atoms with Crippen molar-refractivity contribution in [2.75, 3.05) is 7.11 Å². The van der Waals surface area contributed by atoms with E-state index in [4.69, 9.17) is 37.7 Å². The first-order chi connectivity index (χ1) is 14.8. The number of fused-ring (bicyclic) bond motifs is 1. The van der Waals surface area contributed by atoms with Crippen LogP contribution in [0.1, 0.15) is 26.5 Å². The van der Waals surface area contributed by atoms with Gasteiger partial charge in [0.15, 0.2) is 0 Å². The molecule has 2 atom stereocenters. The van der Waals surface area contributed by atoms with Crippen LogP contribution in [0.4, 0.5) is 0 Å². The number of carbonyl (C=O) groups is 1. The fraction of sp³-hybridized carbons (Fsp3) is 0.280. The summed E-state index contributed by atoms with van der Waals surface area (Å²) < 4.78 is 11.4. The van der Waals surface area contributed by atoms with Gasteiger partial charge in [-0.25, -0.2) is 4.98 Å². The van der Waals surface area contributed by atoms with Crippen molar-refractivity contribution in [3.8, 4) is 11.6 Å². The lowest BCUT2D eigenvalue weighted by atomic mass is 9.65. The van der Waals surface area contributed by atoms with Crippen LogP contribution in [0.15, 0.2) is 71.2 Å². The Kier molecular flexibility index (Phi) is 7.24. The maximum Gasteiger partial charge on any atom is 0.318 e. The van der Waals surface area contributed by atoms with Gasteiger partial charge in [-0.1, -0.05) is 86.4 Å². The summed E-state index contributed by atoms with van der Waals surface area (Å²) in [7, 11) is 1.38. The normalized spacial score (nSPS) is 14.0. The monoisotopic (exact) mass is 457 g/mol. The first-order valence-corrected chi connectivity index (χ1v) is 10.8. The third-order valence-corrected chi connectivity index (χ3v) is 5.85. The van der Waals surface area contributed by atoms with Crippen molar-refractivity contribution in [2.45, 2.75) is 26.2 Å². The van der Waals surface area contributed by atoms with Gasteiger partial charge in [-0.3, -0.25) is 4.79 Å². The van der Waals surface area contributed by atoms with E-state index >= 15 is 0 Å². The molecule has 0 bridgehead atoms. The molecule has 2 unspecified atom stereocenters. The summed E-state index contributed by atoms with van der Waals surface area (Å²) >= 11 is 12.0. The quantitative estimate of drug-likeness (QED) is 0.356.